The molecule has 0 aromatic carbocycles. The minimum atomic E-state index is -0.646. The molecule has 0 spiro atoms. The average Bonchev–Trinajstić information content (AvgIpc) is 3.27. The first-order valence-electron chi connectivity index (χ1n) is 10.5. The topological polar surface area (TPSA) is 37.3 Å². The molecular weight excluding hydrogens is 284 g/mol. The first-order chi connectivity index (χ1) is 11.2. The summed E-state index contributed by atoms with van der Waals surface area (Å²) in [5, 5.41) is 8.58. The molecule has 0 aromatic heterocycles. The third kappa shape index (κ3) is 12.5. The van der Waals surface area contributed by atoms with Gasteiger partial charge in [0.15, 0.2) is 0 Å². The van der Waals surface area contributed by atoms with Crippen molar-refractivity contribution < 1.29 is 9.90 Å². The zero-order valence-corrected chi connectivity index (χ0v) is 15.5. The summed E-state index contributed by atoms with van der Waals surface area (Å²) in [7, 11) is 0. The summed E-state index contributed by atoms with van der Waals surface area (Å²) >= 11 is 0. The number of hydrogen-bond donors (Lipinski definition) is 1. The smallest absolute Gasteiger partial charge is 0.303 e. The minimum absolute atomic E-state index is 0.350. The minimum Gasteiger partial charge on any atom is -0.481 e. The quantitative estimate of drug-likeness (QED) is 0.293. The van der Waals surface area contributed by atoms with Crippen LogP contribution < -0.4 is 0 Å². The Morgan fingerprint density at radius 3 is 1.65 bits per heavy atom. The van der Waals surface area contributed by atoms with Gasteiger partial charge in [-0.3, -0.25) is 4.79 Å². The Morgan fingerprint density at radius 1 is 0.739 bits per heavy atom. The highest BCUT2D eigenvalue weighted by Crippen LogP contribution is 2.45. The van der Waals surface area contributed by atoms with Crippen molar-refractivity contribution in [2.75, 3.05) is 0 Å². The van der Waals surface area contributed by atoms with Gasteiger partial charge in [0.1, 0.15) is 0 Å². The maximum absolute atomic E-state index is 10.4. The van der Waals surface area contributed by atoms with Crippen molar-refractivity contribution in [1.82, 2.24) is 0 Å². The average molecular weight is 325 g/mol. The van der Waals surface area contributed by atoms with Gasteiger partial charge >= 0.3 is 5.97 Å². The number of unbranched alkanes of at least 4 members (excludes halogenated alkanes) is 11. The van der Waals surface area contributed by atoms with Gasteiger partial charge < -0.3 is 5.11 Å². The van der Waals surface area contributed by atoms with E-state index in [-0.39, 0.29) is 0 Å². The van der Waals surface area contributed by atoms with Gasteiger partial charge in [0.05, 0.1) is 0 Å². The lowest BCUT2D eigenvalue weighted by Crippen LogP contribution is -1.93. The summed E-state index contributed by atoms with van der Waals surface area (Å²) in [5.74, 6) is 1.45. The predicted octanol–water partition coefficient (Wildman–Crippen LogP) is 6.97. The fourth-order valence-electron chi connectivity index (χ4n) is 3.77. The lowest BCUT2D eigenvalue weighted by molar-refractivity contribution is -0.137. The van der Waals surface area contributed by atoms with Crippen LogP contribution in [-0.2, 0) is 4.79 Å². The van der Waals surface area contributed by atoms with Crippen molar-refractivity contribution in [3.05, 3.63) is 0 Å². The van der Waals surface area contributed by atoms with Crippen molar-refractivity contribution in [3.63, 3.8) is 0 Å². The Morgan fingerprint density at radius 2 is 1.17 bits per heavy atom. The number of rotatable bonds is 17. The van der Waals surface area contributed by atoms with E-state index in [9.17, 15) is 4.79 Å². The van der Waals surface area contributed by atoms with Crippen LogP contribution in [0.15, 0.2) is 0 Å². The van der Waals surface area contributed by atoms with E-state index < -0.39 is 5.97 Å². The highest BCUT2D eigenvalue weighted by molar-refractivity contribution is 5.66. The van der Waals surface area contributed by atoms with Crippen molar-refractivity contribution in [2.24, 2.45) is 11.8 Å². The summed E-state index contributed by atoms with van der Waals surface area (Å²) in [6.07, 6.45) is 22.1. The molecule has 1 aliphatic carbocycles. The predicted molar refractivity (Wildman–Crippen MR) is 98.8 cm³/mol. The molecule has 0 radical (unpaired) electrons. The van der Waals surface area contributed by atoms with Gasteiger partial charge in [-0.05, 0) is 24.7 Å². The van der Waals surface area contributed by atoms with Crippen molar-refractivity contribution in [2.45, 2.75) is 116 Å². The molecule has 0 aromatic rings. The molecule has 2 atom stereocenters. The number of hydrogen-bond acceptors (Lipinski definition) is 1. The van der Waals surface area contributed by atoms with Crippen LogP contribution in [0.25, 0.3) is 0 Å². The summed E-state index contributed by atoms with van der Waals surface area (Å²) in [5.41, 5.74) is 0. The Bertz CT molecular complexity index is 288. The molecule has 0 aliphatic heterocycles. The molecule has 1 N–H and O–H groups in total. The third-order valence-corrected chi connectivity index (χ3v) is 5.46. The van der Waals surface area contributed by atoms with Crippen molar-refractivity contribution in [1.29, 1.82) is 0 Å². The summed E-state index contributed by atoms with van der Waals surface area (Å²) in [4.78, 5) is 10.4. The Balaban J connectivity index is 1.75. The van der Waals surface area contributed by atoms with Crippen LogP contribution in [-0.4, -0.2) is 11.1 Å². The number of carboxylic acid groups (broad SMARTS) is 1. The van der Waals surface area contributed by atoms with Crippen LogP contribution in [0, 0.1) is 11.8 Å². The largest absolute Gasteiger partial charge is 0.481 e. The van der Waals surface area contributed by atoms with E-state index in [1.54, 1.807) is 0 Å². The second-order valence-corrected chi connectivity index (χ2v) is 7.72. The summed E-state index contributed by atoms with van der Waals surface area (Å²) in [6, 6.07) is 0. The second-order valence-electron chi connectivity index (χ2n) is 7.72. The van der Waals surface area contributed by atoms with Gasteiger partial charge in [-0.2, -0.15) is 0 Å². The summed E-state index contributed by atoms with van der Waals surface area (Å²) < 4.78 is 0. The maximum atomic E-state index is 10.4. The lowest BCUT2D eigenvalue weighted by atomic mass is 10.0. The SMILES string of the molecule is CCCCCCCCCC[C@@H]1C[C@@H]1CCCCCCCC(=O)O. The zero-order valence-electron chi connectivity index (χ0n) is 15.5. The van der Waals surface area contributed by atoms with Gasteiger partial charge in [0.2, 0.25) is 0 Å². The molecule has 2 nitrogen and oxygen atoms in total. The molecule has 1 aliphatic rings. The molecule has 1 rings (SSSR count). The fraction of sp³-hybridized carbons (Fsp3) is 0.952. The Labute approximate surface area is 144 Å². The molecular formula is C21H40O2. The molecule has 0 unspecified atom stereocenters. The van der Waals surface area contributed by atoms with E-state index >= 15 is 0 Å². The van der Waals surface area contributed by atoms with E-state index in [4.69, 9.17) is 5.11 Å². The standard InChI is InChI=1S/C21H40O2/c1-2-3-4-5-6-7-9-12-15-19-18-20(19)16-13-10-8-11-14-17-21(22)23/h19-20H,2-18H2,1H3,(H,22,23)/t19-,20+/m1/s1. The molecule has 1 saturated carbocycles. The van der Waals surface area contributed by atoms with Crippen molar-refractivity contribution in [3.8, 4) is 0 Å². The van der Waals surface area contributed by atoms with Gasteiger partial charge in [-0.1, -0.05) is 96.8 Å². The van der Waals surface area contributed by atoms with Gasteiger partial charge in [0.25, 0.3) is 0 Å². The highest BCUT2D eigenvalue weighted by atomic mass is 16.4. The molecule has 0 bridgehead atoms. The first kappa shape index (κ1) is 20.5. The zero-order chi connectivity index (χ0) is 16.8. The molecule has 136 valence electrons. The number of carboxylic acids is 1. The van der Waals surface area contributed by atoms with E-state index in [0.717, 1.165) is 24.7 Å². The van der Waals surface area contributed by atoms with Crippen LogP contribution in [0.5, 0.6) is 0 Å². The highest BCUT2D eigenvalue weighted by Gasteiger charge is 2.34. The molecule has 0 saturated heterocycles. The maximum Gasteiger partial charge on any atom is 0.303 e. The monoisotopic (exact) mass is 324 g/mol. The molecule has 1 fully saturated rings. The Kier molecular flexibility index (Phi) is 12.4. The first-order valence-corrected chi connectivity index (χ1v) is 10.5. The lowest BCUT2D eigenvalue weighted by Gasteiger charge is -2.03. The van der Waals surface area contributed by atoms with Crippen LogP contribution in [0.1, 0.15) is 116 Å². The molecule has 0 amide bonds. The van der Waals surface area contributed by atoms with E-state index in [2.05, 4.69) is 6.92 Å². The van der Waals surface area contributed by atoms with Crippen LogP contribution in [0.2, 0.25) is 0 Å². The van der Waals surface area contributed by atoms with E-state index in [0.29, 0.717) is 6.42 Å². The van der Waals surface area contributed by atoms with E-state index in [1.165, 1.54) is 89.9 Å². The normalized spacial score (nSPS) is 19.9. The number of aliphatic carboxylic acids is 1. The molecule has 2 heteroatoms. The van der Waals surface area contributed by atoms with Crippen molar-refractivity contribution >= 4 is 5.97 Å². The van der Waals surface area contributed by atoms with Crippen LogP contribution in [0.3, 0.4) is 0 Å². The van der Waals surface area contributed by atoms with Gasteiger partial charge in [0, 0.05) is 6.42 Å². The van der Waals surface area contributed by atoms with Gasteiger partial charge in [-0.15, -0.1) is 0 Å². The molecule has 23 heavy (non-hydrogen) atoms. The Hall–Kier alpha value is -0.530. The van der Waals surface area contributed by atoms with Crippen LogP contribution >= 0.6 is 0 Å². The second kappa shape index (κ2) is 13.9. The third-order valence-electron chi connectivity index (χ3n) is 5.46. The van der Waals surface area contributed by atoms with E-state index in [1.807, 2.05) is 0 Å². The van der Waals surface area contributed by atoms with Gasteiger partial charge in [-0.25, -0.2) is 0 Å². The van der Waals surface area contributed by atoms with Crippen LogP contribution in [0.4, 0.5) is 0 Å². The fourth-order valence-corrected chi connectivity index (χ4v) is 3.77. The number of carbonyl (C=O) groups is 1. The molecule has 0 heterocycles. The summed E-state index contributed by atoms with van der Waals surface area (Å²) in [6.45, 7) is 2.28.